The van der Waals surface area contributed by atoms with Crippen LogP contribution in [0.1, 0.15) is 5.56 Å². The van der Waals surface area contributed by atoms with E-state index in [9.17, 15) is 0 Å². The van der Waals surface area contributed by atoms with Gasteiger partial charge in [-0.25, -0.2) is 4.98 Å². The number of benzene rings is 1. The first-order valence-corrected chi connectivity index (χ1v) is 8.56. The van der Waals surface area contributed by atoms with E-state index in [0.29, 0.717) is 5.56 Å². The number of piperazine rings is 1. The number of aromatic nitrogens is 3. The lowest BCUT2D eigenvalue weighted by Crippen LogP contribution is -2.46. The topological polar surface area (TPSA) is 68.9 Å². The Kier molecular flexibility index (Phi) is 4.44. The van der Waals surface area contributed by atoms with E-state index < -0.39 is 0 Å². The van der Waals surface area contributed by atoms with Crippen LogP contribution in [0.5, 0.6) is 0 Å². The van der Waals surface area contributed by atoms with E-state index >= 15 is 0 Å². The maximum absolute atomic E-state index is 9.08. The van der Waals surface area contributed by atoms with E-state index in [0.717, 1.165) is 43.3 Å². The Labute approximate surface area is 152 Å². The van der Waals surface area contributed by atoms with Crippen LogP contribution < -0.4 is 9.80 Å². The van der Waals surface area contributed by atoms with Crippen molar-refractivity contribution in [2.45, 2.75) is 0 Å². The summed E-state index contributed by atoms with van der Waals surface area (Å²) < 4.78 is 0. The van der Waals surface area contributed by atoms with Crippen LogP contribution in [0, 0.1) is 11.3 Å². The van der Waals surface area contributed by atoms with Gasteiger partial charge in [-0.15, -0.1) is 0 Å². The second-order valence-electron chi connectivity index (χ2n) is 6.13. The van der Waals surface area contributed by atoms with Crippen molar-refractivity contribution in [3.63, 3.8) is 0 Å². The summed E-state index contributed by atoms with van der Waals surface area (Å²) in [5.74, 6) is 0.874. The summed E-state index contributed by atoms with van der Waals surface area (Å²) in [7, 11) is 0. The summed E-state index contributed by atoms with van der Waals surface area (Å²) in [4.78, 5) is 17.8. The molecule has 6 nitrogen and oxygen atoms in total. The van der Waals surface area contributed by atoms with Gasteiger partial charge in [-0.3, -0.25) is 9.97 Å². The van der Waals surface area contributed by atoms with Crippen LogP contribution in [-0.4, -0.2) is 41.1 Å². The molecule has 0 atom stereocenters. The smallest absolute Gasteiger partial charge is 0.147 e. The molecule has 1 aliphatic heterocycles. The average Bonchev–Trinajstić information content (AvgIpc) is 2.75. The van der Waals surface area contributed by atoms with E-state index in [1.54, 1.807) is 18.5 Å². The normalized spacial score (nSPS) is 14.1. The fourth-order valence-electron chi connectivity index (χ4n) is 3.14. The van der Waals surface area contributed by atoms with E-state index in [1.165, 1.54) is 5.69 Å². The third-order valence-corrected chi connectivity index (χ3v) is 4.54. The SMILES string of the molecule is N#Cc1cccc(-c2cncc(N3CCN(c4ccncc4)CC3)n2)c1. The van der Waals surface area contributed by atoms with Crippen LogP contribution in [0.4, 0.5) is 11.5 Å². The molecule has 0 spiro atoms. The Morgan fingerprint density at radius 3 is 2.42 bits per heavy atom. The molecule has 0 radical (unpaired) electrons. The quantitative estimate of drug-likeness (QED) is 0.729. The number of hydrogen-bond donors (Lipinski definition) is 0. The van der Waals surface area contributed by atoms with Crippen molar-refractivity contribution in [1.82, 2.24) is 15.0 Å². The van der Waals surface area contributed by atoms with Gasteiger partial charge in [0.2, 0.25) is 0 Å². The largest absolute Gasteiger partial charge is 0.368 e. The summed E-state index contributed by atoms with van der Waals surface area (Å²) in [5.41, 5.74) is 3.53. The fraction of sp³-hybridized carbons (Fsp3) is 0.200. The van der Waals surface area contributed by atoms with Gasteiger partial charge in [0, 0.05) is 49.8 Å². The van der Waals surface area contributed by atoms with Gasteiger partial charge in [-0.1, -0.05) is 12.1 Å². The predicted octanol–water partition coefficient (Wildman–Crippen LogP) is 2.74. The minimum Gasteiger partial charge on any atom is -0.368 e. The third kappa shape index (κ3) is 3.33. The van der Waals surface area contributed by atoms with Crippen LogP contribution in [0.25, 0.3) is 11.3 Å². The van der Waals surface area contributed by atoms with Gasteiger partial charge < -0.3 is 9.80 Å². The molecule has 0 saturated carbocycles. The lowest BCUT2D eigenvalue weighted by molar-refractivity contribution is 0.646. The number of rotatable bonds is 3. The van der Waals surface area contributed by atoms with Crippen LogP contribution in [0.15, 0.2) is 61.2 Å². The molecule has 1 aliphatic rings. The van der Waals surface area contributed by atoms with Crippen LogP contribution in [0.2, 0.25) is 0 Å². The molecule has 3 aromatic rings. The van der Waals surface area contributed by atoms with Crippen molar-refractivity contribution in [2.75, 3.05) is 36.0 Å². The van der Waals surface area contributed by atoms with Crippen molar-refractivity contribution in [3.8, 4) is 17.3 Å². The van der Waals surface area contributed by atoms with Crippen molar-refractivity contribution < 1.29 is 0 Å². The summed E-state index contributed by atoms with van der Waals surface area (Å²) >= 11 is 0. The monoisotopic (exact) mass is 342 g/mol. The van der Waals surface area contributed by atoms with Gasteiger partial charge in [0.05, 0.1) is 29.7 Å². The number of nitrogens with zero attached hydrogens (tertiary/aromatic N) is 6. The summed E-state index contributed by atoms with van der Waals surface area (Å²) in [5, 5.41) is 9.08. The van der Waals surface area contributed by atoms with E-state index in [4.69, 9.17) is 10.2 Å². The minimum absolute atomic E-state index is 0.626. The summed E-state index contributed by atoms with van der Waals surface area (Å²) in [6.45, 7) is 3.64. The molecule has 1 fully saturated rings. The highest BCUT2D eigenvalue weighted by Gasteiger charge is 2.19. The standard InChI is InChI=1S/C20H18N6/c21-13-16-2-1-3-17(12-16)19-14-23-15-20(24-19)26-10-8-25(9-11-26)18-4-6-22-7-5-18/h1-7,12,14-15H,8-11H2. The van der Waals surface area contributed by atoms with Gasteiger partial charge >= 0.3 is 0 Å². The first-order chi connectivity index (χ1) is 12.8. The van der Waals surface area contributed by atoms with Gasteiger partial charge in [0.1, 0.15) is 5.82 Å². The molecule has 1 aromatic carbocycles. The highest BCUT2D eigenvalue weighted by Crippen LogP contribution is 2.22. The second kappa shape index (κ2) is 7.19. The highest BCUT2D eigenvalue weighted by atomic mass is 15.3. The zero-order valence-corrected chi connectivity index (χ0v) is 14.3. The molecule has 0 bridgehead atoms. The Bertz CT molecular complexity index is 926. The predicted molar refractivity (Wildman–Crippen MR) is 101 cm³/mol. The Hall–Kier alpha value is -3.46. The number of pyridine rings is 1. The molecule has 3 heterocycles. The van der Waals surface area contributed by atoms with Crippen molar-refractivity contribution in [3.05, 3.63) is 66.7 Å². The molecular weight excluding hydrogens is 324 g/mol. The Morgan fingerprint density at radius 2 is 1.65 bits per heavy atom. The zero-order valence-electron chi connectivity index (χ0n) is 14.3. The molecule has 128 valence electrons. The molecule has 6 heteroatoms. The molecule has 26 heavy (non-hydrogen) atoms. The first kappa shape index (κ1) is 16.0. The first-order valence-electron chi connectivity index (χ1n) is 8.56. The molecule has 0 N–H and O–H groups in total. The van der Waals surface area contributed by atoms with Gasteiger partial charge in [0.15, 0.2) is 0 Å². The van der Waals surface area contributed by atoms with Crippen LogP contribution in [-0.2, 0) is 0 Å². The molecule has 0 aliphatic carbocycles. The molecule has 0 amide bonds. The fourth-order valence-corrected chi connectivity index (χ4v) is 3.14. The second-order valence-corrected chi connectivity index (χ2v) is 6.13. The van der Waals surface area contributed by atoms with Gasteiger partial charge in [-0.2, -0.15) is 5.26 Å². The maximum Gasteiger partial charge on any atom is 0.147 e. The van der Waals surface area contributed by atoms with E-state index in [-0.39, 0.29) is 0 Å². The lowest BCUT2D eigenvalue weighted by atomic mass is 10.1. The van der Waals surface area contributed by atoms with E-state index in [1.807, 2.05) is 42.7 Å². The number of nitriles is 1. The molecule has 0 unspecified atom stereocenters. The Morgan fingerprint density at radius 1 is 0.885 bits per heavy atom. The molecular formula is C20H18N6. The number of hydrogen-bond acceptors (Lipinski definition) is 6. The highest BCUT2D eigenvalue weighted by molar-refractivity contribution is 5.62. The Balaban J connectivity index is 1.50. The molecule has 1 saturated heterocycles. The van der Waals surface area contributed by atoms with Crippen molar-refractivity contribution >= 4 is 11.5 Å². The van der Waals surface area contributed by atoms with Crippen LogP contribution in [0.3, 0.4) is 0 Å². The maximum atomic E-state index is 9.08. The van der Waals surface area contributed by atoms with Crippen LogP contribution >= 0.6 is 0 Å². The van der Waals surface area contributed by atoms with Crippen molar-refractivity contribution in [2.24, 2.45) is 0 Å². The lowest BCUT2D eigenvalue weighted by Gasteiger charge is -2.36. The molecule has 4 rings (SSSR count). The summed E-state index contributed by atoms with van der Waals surface area (Å²) in [6.07, 6.45) is 7.20. The minimum atomic E-state index is 0.626. The average molecular weight is 342 g/mol. The number of anilines is 2. The molecule has 2 aromatic heterocycles. The van der Waals surface area contributed by atoms with Gasteiger partial charge in [0.25, 0.3) is 0 Å². The van der Waals surface area contributed by atoms with Gasteiger partial charge in [-0.05, 0) is 24.3 Å². The van der Waals surface area contributed by atoms with Crippen molar-refractivity contribution in [1.29, 1.82) is 5.26 Å². The third-order valence-electron chi connectivity index (χ3n) is 4.54. The van der Waals surface area contributed by atoms with E-state index in [2.05, 4.69) is 25.8 Å². The zero-order chi connectivity index (χ0) is 17.8. The summed E-state index contributed by atoms with van der Waals surface area (Å²) in [6, 6.07) is 13.7.